The van der Waals surface area contributed by atoms with E-state index in [2.05, 4.69) is 31.9 Å². The van der Waals surface area contributed by atoms with E-state index in [9.17, 15) is 59.4 Å². The molecule has 0 amide bonds. The SMILES string of the molecule is O=C(O)CC[N-]C1C(O)([N-]CCC(=O)O)C(O)C1(O)[N-]CCC(=O)O.O=C(O)CC[N-]C1C(O)C([N-]CCC(=O)O)C(O)C([N-]CCC(=O)O)C1O.[Er].[Er].[Er]. The van der Waals surface area contributed by atoms with Crippen LogP contribution in [-0.4, -0.2) is 196 Å². The predicted molar refractivity (Wildman–Crippen MR) is 172 cm³/mol. The van der Waals surface area contributed by atoms with Crippen molar-refractivity contribution < 1.29 is 202 Å². The molecule has 0 aromatic rings. The van der Waals surface area contributed by atoms with Crippen molar-refractivity contribution in [1.29, 1.82) is 0 Å². The number of hydrogen-bond donors (Lipinski definition) is 12. The summed E-state index contributed by atoms with van der Waals surface area (Å²) in [4.78, 5) is 63.5. The van der Waals surface area contributed by atoms with E-state index < -0.39 is 115 Å². The molecule has 12 N–H and O–H groups in total. The fourth-order valence-corrected chi connectivity index (χ4v) is 5.18. The summed E-state index contributed by atoms with van der Waals surface area (Å²) in [6.45, 7) is -1.67. The molecule has 0 aliphatic heterocycles. The second kappa shape index (κ2) is 29.3. The zero-order chi connectivity index (χ0) is 39.8. The van der Waals surface area contributed by atoms with E-state index in [-0.39, 0.29) is 170 Å². The molecular formula is C28H44Er3N6O18-6. The van der Waals surface area contributed by atoms with Crippen molar-refractivity contribution in [1.82, 2.24) is 0 Å². The summed E-state index contributed by atoms with van der Waals surface area (Å²) in [6, 6.07) is -5.16. The number of carboxylic acid groups (broad SMARTS) is 6. The molecule has 336 valence electrons. The van der Waals surface area contributed by atoms with Gasteiger partial charge in [0.05, 0.1) is 6.10 Å². The van der Waals surface area contributed by atoms with E-state index in [0.29, 0.717) is 0 Å². The number of aliphatic hydroxyl groups is 6. The van der Waals surface area contributed by atoms with Crippen LogP contribution in [0.15, 0.2) is 0 Å². The molecule has 2 aliphatic carbocycles. The average molecular weight is 1250 g/mol. The van der Waals surface area contributed by atoms with Gasteiger partial charge in [-0.05, 0) is 11.4 Å². The van der Waals surface area contributed by atoms with Crippen LogP contribution in [0.5, 0.6) is 0 Å². The minimum Gasteiger partial charge on any atom is -0.657 e. The first-order chi connectivity index (χ1) is 24.2. The zero-order valence-electron chi connectivity index (χ0n) is 28.5. The van der Waals surface area contributed by atoms with Crippen LogP contribution >= 0.6 is 0 Å². The second-order valence-electron chi connectivity index (χ2n) is 11.6. The summed E-state index contributed by atoms with van der Waals surface area (Å²) in [5.74, 6) is -6.93. The zero-order valence-corrected chi connectivity index (χ0v) is 34.0. The summed E-state index contributed by atoms with van der Waals surface area (Å²) in [6.07, 6.45) is -8.66. The quantitative estimate of drug-likeness (QED) is 0.0471. The molecule has 0 radical (unpaired) electrons. The summed E-state index contributed by atoms with van der Waals surface area (Å²) < 4.78 is 0. The Morgan fingerprint density at radius 2 is 0.618 bits per heavy atom. The average Bonchev–Trinajstić information content (AvgIpc) is 3.03. The van der Waals surface area contributed by atoms with Crippen molar-refractivity contribution in [3.8, 4) is 0 Å². The number of rotatable bonds is 24. The first kappa shape index (κ1) is 59.4. The molecule has 0 aromatic carbocycles. The Morgan fingerprint density at radius 1 is 0.400 bits per heavy atom. The normalized spacial score (nSPS) is 29.3. The molecule has 2 atom stereocenters. The minimum absolute atomic E-state index is 0. The molecule has 2 aliphatic rings. The second-order valence-corrected chi connectivity index (χ2v) is 11.6. The molecule has 2 rings (SSSR count). The smallest absolute Gasteiger partial charge is 0.301 e. The number of carbonyl (C=O) groups is 6. The van der Waals surface area contributed by atoms with Gasteiger partial charge in [-0.2, -0.15) is 0 Å². The van der Waals surface area contributed by atoms with E-state index in [1.165, 1.54) is 0 Å². The Balaban J connectivity index is -0.000000935. The third-order valence-corrected chi connectivity index (χ3v) is 7.72. The van der Waals surface area contributed by atoms with Gasteiger partial charge in [-0.25, -0.2) is 0 Å². The topological polar surface area (TPSA) is 430 Å². The Bertz CT molecular complexity index is 1120. The third-order valence-electron chi connectivity index (χ3n) is 7.72. The van der Waals surface area contributed by atoms with Crippen LogP contribution in [0.1, 0.15) is 38.5 Å². The van der Waals surface area contributed by atoms with Gasteiger partial charge in [0.15, 0.2) is 0 Å². The van der Waals surface area contributed by atoms with Gasteiger partial charge in [0.2, 0.25) is 0 Å². The van der Waals surface area contributed by atoms with Gasteiger partial charge in [-0.15, -0.1) is 45.3 Å². The standard InChI is InChI=1S/C15H24N3O9.C13H20N3O9.3Er/c19-7(20)1-4-16-10-13(25)11(17-5-2-8(21)22)15(27)12(14(10)26)18-6-3-9(23)24;17-7(18)1-4-14-10-12(24,15-5-2-8(19)20)11(23)13(10,25)16-6-3-9(21)22;;;/h10-15,25-27H,1-6H2,(H,19,20)(H,21,22)(H,23,24);10-11,23-25H,1-6H2,(H,17,18)(H,19,20)(H,21,22);;;/q2*-3;;;. The summed E-state index contributed by atoms with van der Waals surface area (Å²) in [5.41, 5.74) is -4.68. The van der Waals surface area contributed by atoms with Crippen molar-refractivity contribution in [2.45, 2.75) is 98.6 Å². The minimum atomic E-state index is -2.34. The molecule has 0 spiro atoms. The maximum atomic E-state index is 10.6. The molecule has 0 bridgehead atoms. The Kier molecular flexibility index (Phi) is 31.7. The molecule has 24 nitrogen and oxygen atoms in total. The molecule has 2 saturated carbocycles. The molecule has 0 heterocycles. The molecule has 55 heavy (non-hydrogen) atoms. The summed E-state index contributed by atoms with van der Waals surface area (Å²) >= 11 is 0. The largest absolute Gasteiger partial charge is 0.657 e. The van der Waals surface area contributed by atoms with Crippen molar-refractivity contribution in [2.75, 3.05) is 39.3 Å². The fraction of sp³-hybridized carbons (Fsp3) is 0.786. The van der Waals surface area contributed by atoms with Crippen molar-refractivity contribution in [3.63, 3.8) is 0 Å². The van der Waals surface area contributed by atoms with E-state index in [1.54, 1.807) is 0 Å². The number of hydrogen-bond acceptors (Lipinski definition) is 12. The van der Waals surface area contributed by atoms with E-state index in [4.69, 9.17) is 30.6 Å². The number of aliphatic carboxylic acids is 6. The van der Waals surface area contributed by atoms with Gasteiger partial charge in [0.1, 0.15) is 0 Å². The van der Waals surface area contributed by atoms with Crippen molar-refractivity contribution in [2.24, 2.45) is 0 Å². The maximum Gasteiger partial charge on any atom is 0.301 e. The van der Waals surface area contributed by atoms with Crippen molar-refractivity contribution >= 4 is 35.8 Å². The maximum absolute atomic E-state index is 10.6. The van der Waals surface area contributed by atoms with Crippen LogP contribution < -0.4 is 0 Å². The number of aliphatic hydroxyl groups excluding tert-OH is 4. The predicted octanol–water partition coefficient (Wildman–Crippen LogP) is -2.61. The third kappa shape index (κ3) is 19.8. The molecule has 2 fully saturated rings. The molecular weight excluding hydrogens is 1210 g/mol. The molecule has 0 saturated heterocycles. The van der Waals surface area contributed by atoms with Gasteiger partial charge < -0.3 is 93.2 Å². The van der Waals surface area contributed by atoms with Crippen LogP contribution in [0.4, 0.5) is 0 Å². The Labute approximate surface area is 403 Å². The Hall–Kier alpha value is 0.0803. The van der Waals surface area contributed by atoms with E-state index in [1.807, 2.05) is 0 Å². The van der Waals surface area contributed by atoms with Crippen LogP contribution in [0, 0.1) is 112 Å². The van der Waals surface area contributed by atoms with Gasteiger partial charge in [-0.3, -0.25) is 28.8 Å². The first-order valence-electron chi connectivity index (χ1n) is 15.7. The number of nitrogens with zero attached hydrogens (tertiary/aromatic N) is 6. The van der Waals surface area contributed by atoms with Crippen LogP contribution in [0.25, 0.3) is 31.9 Å². The van der Waals surface area contributed by atoms with Gasteiger partial charge in [0, 0.05) is 169 Å². The summed E-state index contributed by atoms with van der Waals surface area (Å²) in [7, 11) is 0. The van der Waals surface area contributed by atoms with E-state index in [0.717, 1.165) is 0 Å². The van der Waals surface area contributed by atoms with Crippen LogP contribution in [0.2, 0.25) is 0 Å². The van der Waals surface area contributed by atoms with Crippen molar-refractivity contribution in [3.05, 3.63) is 31.9 Å². The molecule has 0 aromatic heterocycles. The number of carboxylic acids is 6. The van der Waals surface area contributed by atoms with Crippen LogP contribution in [0.3, 0.4) is 0 Å². The van der Waals surface area contributed by atoms with Gasteiger partial charge in [-0.1, -0.05) is 18.1 Å². The summed E-state index contributed by atoms with van der Waals surface area (Å²) in [5, 5.41) is 137. The first-order valence-corrected chi connectivity index (χ1v) is 15.7. The Morgan fingerprint density at radius 3 is 0.855 bits per heavy atom. The monoisotopic (exact) mass is 1250 g/mol. The van der Waals surface area contributed by atoms with E-state index >= 15 is 0 Å². The van der Waals surface area contributed by atoms with Crippen LogP contribution in [-0.2, 0) is 28.8 Å². The molecule has 2 unspecified atom stereocenters. The van der Waals surface area contributed by atoms with Gasteiger partial charge >= 0.3 is 35.8 Å². The fourth-order valence-electron chi connectivity index (χ4n) is 5.18. The molecule has 27 heteroatoms. The van der Waals surface area contributed by atoms with Gasteiger partial charge in [0.25, 0.3) is 0 Å².